The number of hydrogen-bond donors (Lipinski definition) is 1. The Bertz CT molecular complexity index is 1250. The molecule has 0 unspecified atom stereocenters. The van der Waals surface area contributed by atoms with Crippen molar-refractivity contribution in [1.82, 2.24) is 25.3 Å². The number of carbonyl (C=O) groups is 1. The highest BCUT2D eigenvalue weighted by atomic mass is 16.3. The lowest BCUT2D eigenvalue weighted by Gasteiger charge is -2.17. The summed E-state index contributed by atoms with van der Waals surface area (Å²) in [5.74, 6) is 0.853. The lowest BCUT2D eigenvalue weighted by molar-refractivity contribution is -0.125. The van der Waals surface area contributed by atoms with E-state index < -0.39 is 0 Å². The summed E-state index contributed by atoms with van der Waals surface area (Å²) in [5, 5.41) is 11.8. The Kier molecular flexibility index (Phi) is 4.38. The van der Waals surface area contributed by atoms with Gasteiger partial charge in [0, 0.05) is 22.6 Å². The van der Waals surface area contributed by atoms with Crippen LogP contribution in [0.15, 0.2) is 59.1 Å². The van der Waals surface area contributed by atoms with E-state index in [2.05, 4.69) is 27.5 Å². The fraction of sp³-hybridized carbons (Fsp3) is 0.360. The number of amides is 1. The van der Waals surface area contributed by atoms with Crippen LogP contribution in [0.25, 0.3) is 33.8 Å². The molecule has 162 valence electrons. The highest BCUT2D eigenvalue weighted by Gasteiger charge is 2.41. The number of para-hydroxylation sites is 2. The first-order valence-corrected chi connectivity index (χ1v) is 11.3. The van der Waals surface area contributed by atoms with Gasteiger partial charge in [0.25, 0.3) is 0 Å². The van der Waals surface area contributed by atoms with Crippen molar-refractivity contribution in [2.75, 3.05) is 0 Å². The summed E-state index contributed by atoms with van der Waals surface area (Å²) in [6, 6.07) is 16.1. The molecule has 0 spiro atoms. The quantitative estimate of drug-likeness (QED) is 0.496. The Labute approximate surface area is 185 Å². The summed E-state index contributed by atoms with van der Waals surface area (Å²) >= 11 is 0. The predicted octanol–water partition coefficient (Wildman–Crippen LogP) is 4.76. The van der Waals surface area contributed by atoms with Crippen molar-refractivity contribution >= 4 is 17.0 Å². The minimum atomic E-state index is 0.0318. The summed E-state index contributed by atoms with van der Waals surface area (Å²) in [7, 11) is 0. The van der Waals surface area contributed by atoms with Crippen molar-refractivity contribution in [1.29, 1.82) is 0 Å². The van der Waals surface area contributed by atoms with Crippen LogP contribution in [0.2, 0.25) is 0 Å². The predicted molar refractivity (Wildman–Crippen MR) is 121 cm³/mol. The molecule has 6 rings (SSSR count). The third-order valence-corrected chi connectivity index (χ3v) is 6.84. The van der Waals surface area contributed by atoms with Crippen LogP contribution >= 0.6 is 0 Å². The number of aromatic nitrogens is 4. The van der Waals surface area contributed by atoms with Gasteiger partial charge in [-0.05, 0) is 63.3 Å². The van der Waals surface area contributed by atoms with Gasteiger partial charge in [0.05, 0.1) is 17.9 Å². The van der Waals surface area contributed by atoms with E-state index in [0.29, 0.717) is 5.89 Å². The average Bonchev–Trinajstić information content (AvgIpc) is 3.26. The summed E-state index contributed by atoms with van der Waals surface area (Å²) in [5.41, 5.74) is 4.59. The largest absolute Gasteiger partial charge is 0.436 e. The molecule has 0 saturated heterocycles. The van der Waals surface area contributed by atoms with Gasteiger partial charge in [-0.1, -0.05) is 29.5 Å². The molecule has 1 amide bonds. The van der Waals surface area contributed by atoms with Crippen LogP contribution in [0.1, 0.15) is 45.1 Å². The Balaban J connectivity index is 1.20. The molecule has 4 aromatic rings. The second-order valence-corrected chi connectivity index (χ2v) is 9.34. The van der Waals surface area contributed by atoms with Crippen LogP contribution in [0.4, 0.5) is 0 Å². The molecule has 7 nitrogen and oxygen atoms in total. The van der Waals surface area contributed by atoms with E-state index in [1.807, 2.05) is 53.2 Å². The molecule has 0 aliphatic heterocycles. The molecular formula is C25H25N5O2. The molecule has 2 saturated carbocycles. The molecular weight excluding hydrogens is 402 g/mol. The number of fused-ring (bicyclic) bond motifs is 1. The molecule has 2 heterocycles. The lowest BCUT2D eigenvalue weighted by Crippen LogP contribution is -2.38. The van der Waals surface area contributed by atoms with Gasteiger partial charge in [0.15, 0.2) is 5.58 Å². The fourth-order valence-electron chi connectivity index (χ4n) is 4.63. The minimum Gasteiger partial charge on any atom is -0.436 e. The fourth-order valence-corrected chi connectivity index (χ4v) is 4.63. The molecule has 2 aromatic carbocycles. The van der Waals surface area contributed by atoms with Gasteiger partial charge in [-0.3, -0.25) is 4.79 Å². The maximum Gasteiger partial charge on any atom is 0.227 e. The third-order valence-electron chi connectivity index (χ3n) is 6.84. The van der Waals surface area contributed by atoms with Gasteiger partial charge < -0.3 is 9.73 Å². The summed E-state index contributed by atoms with van der Waals surface area (Å²) < 4.78 is 7.87. The Morgan fingerprint density at radius 1 is 1.09 bits per heavy atom. The zero-order valence-corrected chi connectivity index (χ0v) is 18.0. The van der Waals surface area contributed by atoms with Crippen LogP contribution < -0.4 is 5.32 Å². The topological polar surface area (TPSA) is 85.8 Å². The molecule has 7 heteroatoms. The van der Waals surface area contributed by atoms with Crippen LogP contribution in [0.5, 0.6) is 0 Å². The monoisotopic (exact) mass is 427 g/mol. The number of nitrogens with zero attached hydrogens (tertiary/aromatic N) is 4. The SMILES string of the molecule is CC1(NC(=O)[C@H]2CC[C@@H](n3nncc3-c3ccc(-c4nc5ccccc5o4)cc3)C2)CC1. The molecule has 2 aliphatic rings. The van der Waals surface area contributed by atoms with E-state index in [-0.39, 0.29) is 23.4 Å². The first-order valence-electron chi connectivity index (χ1n) is 11.3. The minimum absolute atomic E-state index is 0.0318. The van der Waals surface area contributed by atoms with Crippen molar-refractivity contribution < 1.29 is 9.21 Å². The second kappa shape index (κ2) is 7.29. The van der Waals surface area contributed by atoms with Gasteiger partial charge in [0.1, 0.15) is 5.52 Å². The standard InChI is InChI=1S/C25H25N5O2/c1-25(12-13-25)28-23(31)18-10-11-19(14-18)30-21(15-26-29-30)16-6-8-17(9-7-16)24-27-20-4-2-3-5-22(20)32-24/h2-9,15,18-19H,10-14H2,1H3,(H,28,31)/t18-,19+/m0/s1. The average molecular weight is 428 g/mol. The highest BCUT2D eigenvalue weighted by Crippen LogP contribution is 2.39. The lowest BCUT2D eigenvalue weighted by atomic mass is 10.1. The number of rotatable bonds is 5. The van der Waals surface area contributed by atoms with Crippen LogP contribution in [-0.2, 0) is 4.79 Å². The van der Waals surface area contributed by atoms with Gasteiger partial charge in [-0.25, -0.2) is 9.67 Å². The second-order valence-electron chi connectivity index (χ2n) is 9.34. The summed E-state index contributed by atoms with van der Waals surface area (Å²) in [6.07, 6.45) is 6.60. The number of nitrogens with one attached hydrogen (secondary N) is 1. The van der Waals surface area contributed by atoms with Crippen molar-refractivity contribution in [3.63, 3.8) is 0 Å². The molecule has 0 radical (unpaired) electrons. The molecule has 2 aromatic heterocycles. The maximum absolute atomic E-state index is 12.6. The van der Waals surface area contributed by atoms with Crippen molar-refractivity contribution in [3.8, 4) is 22.7 Å². The van der Waals surface area contributed by atoms with E-state index in [9.17, 15) is 4.79 Å². The highest BCUT2D eigenvalue weighted by molar-refractivity contribution is 5.80. The maximum atomic E-state index is 12.6. The molecule has 2 fully saturated rings. The van der Waals surface area contributed by atoms with E-state index in [1.165, 1.54) is 0 Å². The van der Waals surface area contributed by atoms with Crippen LogP contribution in [0.3, 0.4) is 0 Å². The van der Waals surface area contributed by atoms with E-state index in [4.69, 9.17) is 4.42 Å². The molecule has 1 N–H and O–H groups in total. The van der Waals surface area contributed by atoms with Gasteiger partial charge in [-0.15, -0.1) is 5.10 Å². The zero-order valence-electron chi connectivity index (χ0n) is 18.0. The number of benzene rings is 2. The molecule has 32 heavy (non-hydrogen) atoms. The first-order chi connectivity index (χ1) is 15.6. The Morgan fingerprint density at radius 2 is 1.88 bits per heavy atom. The number of hydrogen-bond acceptors (Lipinski definition) is 5. The molecule has 0 bridgehead atoms. The zero-order chi connectivity index (χ0) is 21.7. The molecule has 2 aliphatic carbocycles. The van der Waals surface area contributed by atoms with E-state index >= 15 is 0 Å². The number of oxazole rings is 1. The Morgan fingerprint density at radius 3 is 2.66 bits per heavy atom. The van der Waals surface area contributed by atoms with Gasteiger partial charge in [0.2, 0.25) is 11.8 Å². The van der Waals surface area contributed by atoms with Crippen LogP contribution in [0, 0.1) is 5.92 Å². The number of carbonyl (C=O) groups excluding carboxylic acids is 1. The normalized spacial score (nSPS) is 21.7. The van der Waals surface area contributed by atoms with Crippen molar-refractivity contribution in [2.24, 2.45) is 5.92 Å². The van der Waals surface area contributed by atoms with Crippen molar-refractivity contribution in [2.45, 2.75) is 50.6 Å². The first kappa shape index (κ1) is 19.2. The Hall–Kier alpha value is -3.48. The van der Waals surface area contributed by atoms with E-state index in [0.717, 1.165) is 60.0 Å². The summed E-state index contributed by atoms with van der Waals surface area (Å²) in [6.45, 7) is 2.12. The van der Waals surface area contributed by atoms with E-state index in [1.54, 1.807) is 6.20 Å². The third kappa shape index (κ3) is 3.47. The van der Waals surface area contributed by atoms with Gasteiger partial charge >= 0.3 is 0 Å². The molecule has 2 atom stereocenters. The smallest absolute Gasteiger partial charge is 0.227 e. The summed E-state index contributed by atoms with van der Waals surface area (Å²) in [4.78, 5) is 17.2. The van der Waals surface area contributed by atoms with Crippen molar-refractivity contribution in [3.05, 3.63) is 54.7 Å². The van der Waals surface area contributed by atoms with Crippen LogP contribution in [-0.4, -0.2) is 31.4 Å². The van der Waals surface area contributed by atoms with Gasteiger partial charge in [-0.2, -0.15) is 0 Å².